The van der Waals surface area contributed by atoms with E-state index in [9.17, 15) is 4.79 Å². The van der Waals surface area contributed by atoms with Gasteiger partial charge in [0.05, 0.1) is 0 Å². The predicted molar refractivity (Wildman–Crippen MR) is 85.5 cm³/mol. The Morgan fingerprint density at radius 2 is 1.90 bits per heavy atom. The Labute approximate surface area is 128 Å². The number of nitrogens with zero attached hydrogens (tertiary/aromatic N) is 1. The second kappa shape index (κ2) is 6.25. The standard InChI is InChI=1S/C18H28N2O/c1-13-12-16(14(2)20(13)17-8-9-17)10-11-19-18(21)15-6-4-3-5-7-15/h12,15,17H,3-11H2,1-2H3,(H,19,21). The number of aryl methyl sites for hydroxylation is 1. The van der Waals surface area contributed by atoms with Gasteiger partial charge in [-0.25, -0.2) is 0 Å². The van der Waals surface area contributed by atoms with Crippen LogP contribution in [0.3, 0.4) is 0 Å². The van der Waals surface area contributed by atoms with Crippen LogP contribution in [0.25, 0.3) is 0 Å². The first kappa shape index (κ1) is 14.7. The first-order chi connectivity index (χ1) is 10.2. The largest absolute Gasteiger partial charge is 0.356 e. The quantitative estimate of drug-likeness (QED) is 0.881. The van der Waals surface area contributed by atoms with Crippen LogP contribution in [-0.4, -0.2) is 17.0 Å². The van der Waals surface area contributed by atoms with Gasteiger partial charge in [0.25, 0.3) is 0 Å². The Bertz CT molecular complexity index is 508. The summed E-state index contributed by atoms with van der Waals surface area (Å²) in [6.45, 7) is 5.21. The van der Waals surface area contributed by atoms with Gasteiger partial charge in [0.2, 0.25) is 5.91 Å². The minimum Gasteiger partial charge on any atom is -0.356 e. The van der Waals surface area contributed by atoms with Gasteiger partial charge in [0.15, 0.2) is 0 Å². The fourth-order valence-electron chi connectivity index (χ4n) is 3.82. The molecule has 2 saturated carbocycles. The molecule has 3 nitrogen and oxygen atoms in total. The van der Waals surface area contributed by atoms with Gasteiger partial charge in [-0.15, -0.1) is 0 Å². The van der Waals surface area contributed by atoms with Gasteiger partial charge < -0.3 is 9.88 Å². The summed E-state index contributed by atoms with van der Waals surface area (Å²) in [6.07, 6.45) is 9.54. The predicted octanol–water partition coefficient (Wildman–Crippen LogP) is 3.68. The number of nitrogens with one attached hydrogen (secondary N) is 1. The van der Waals surface area contributed by atoms with Crippen LogP contribution in [0.5, 0.6) is 0 Å². The monoisotopic (exact) mass is 288 g/mol. The summed E-state index contributed by atoms with van der Waals surface area (Å²) in [4.78, 5) is 12.1. The molecule has 0 bridgehead atoms. The van der Waals surface area contributed by atoms with Crippen molar-refractivity contribution in [3.05, 3.63) is 23.0 Å². The molecule has 0 atom stereocenters. The Balaban J connectivity index is 1.51. The highest BCUT2D eigenvalue weighted by molar-refractivity contribution is 5.78. The van der Waals surface area contributed by atoms with Crippen molar-refractivity contribution in [3.63, 3.8) is 0 Å². The van der Waals surface area contributed by atoms with Crippen LogP contribution >= 0.6 is 0 Å². The highest BCUT2D eigenvalue weighted by atomic mass is 16.1. The summed E-state index contributed by atoms with van der Waals surface area (Å²) < 4.78 is 2.48. The van der Waals surface area contributed by atoms with Crippen LogP contribution < -0.4 is 5.32 Å². The minimum atomic E-state index is 0.276. The lowest BCUT2D eigenvalue weighted by Crippen LogP contribution is -2.33. The van der Waals surface area contributed by atoms with Gasteiger partial charge in [-0.05, 0) is 57.6 Å². The van der Waals surface area contributed by atoms with Gasteiger partial charge in [0, 0.05) is 29.9 Å². The smallest absolute Gasteiger partial charge is 0.223 e. The maximum absolute atomic E-state index is 12.1. The number of hydrogen-bond donors (Lipinski definition) is 1. The second-order valence-electron chi connectivity index (χ2n) is 6.87. The van der Waals surface area contributed by atoms with E-state index in [0.717, 1.165) is 31.8 Å². The van der Waals surface area contributed by atoms with Crippen LogP contribution in [0.15, 0.2) is 6.07 Å². The average molecular weight is 288 g/mol. The van der Waals surface area contributed by atoms with E-state index in [1.807, 2.05) is 0 Å². The van der Waals surface area contributed by atoms with Crippen molar-refractivity contribution in [2.45, 2.75) is 71.3 Å². The molecule has 1 aromatic rings. The number of carbonyl (C=O) groups excluding carboxylic acids is 1. The third-order valence-electron chi connectivity index (χ3n) is 5.17. The summed E-state index contributed by atoms with van der Waals surface area (Å²) in [6, 6.07) is 3.05. The summed E-state index contributed by atoms with van der Waals surface area (Å²) in [7, 11) is 0. The average Bonchev–Trinajstić information content (AvgIpc) is 3.27. The molecule has 0 spiro atoms. The molecule has 0 unspecified atom stereocenters. The molecule has 0 aromatic carbocycles. The maximum Gasteiger partial charge on any atom is 0.223 e. The zero-order chi connectivity index (χ0) is 14.8. The molecular weight excluding hydrogens is 260 g/mol. The summed E-state index contributed by atoms with van der Waals surface area (Å²) in [5, 5.41) is 3.15. The molecule has 1 aromatic heterocycles. The first-order valence-corrected chi connectivity index (χ1v) is 8.62. The van der Waals surface area contributed by atoms with Gasteiger partial charge in [0.1, 0.15) is 0 Å². The van der Waals surface area contributed by atoms with E-state index in [1.54, 1.807) is 0 Å². The second-order valence-corrected chi connectivity index (χ2v) is 6.87. The highest BCUT2D eigenvalue weighted by Crippen LogP contribution is 2.38. The minimum absolute atomic E-state index is 0.276. The molecule has 0 radical (unpaired) electrons. The first-order valence-electron chi connectivity index (χ1n) is 8.62. The summed E-state index contributed by atoms with van der Waals surface area (Å²) in [5.41, 5.74) is 4.19. The molecule has 2 fully saturated rings. The third-order valence-corrected chi connectivity index (χ3v) is 5.17. The number of carbonyl (C=O) groups is 1. The maximum atomic E-state index is 12.1. The number of hydrogen-bond acceptors (Lipinski definition) is 1. The fraction of sp³-hybridized carbons (Fsp3) is 0.722. The van der Waals surface area contributed by atoms with Crippen molar-refractivity contribution >= 4 is 5.91 Å². The van der Waals surface area contributed by atoms with E-state index in [-0.39, 0.29) is 11.8 Å². The molecule has 21 heavy (non-hydrogen) atoms. The van der Waals surface area contributed by atoms with Gasteiger partial charge in [-0.2, -0.15) is 0 Å². The van der Waals surface area contributed by atoms with Crippen molar-refractivity contribution in [3.8, 4) is 0 Å². The molecule has 1 N–H and O–H groups in total. The lowest BCUT2D eigenvalue weighted by molar-refractivity contribution is -0.125. The molecule has 2 aliphatic rings. The molecule has 1 heterocycles. The molecule has 0 saturated heterocycles. The molecule has 116 valence electrons. The molecular formula is C18H28N2O. The molecule has 3 heteroatoms. The topological polar surface area (TPSA) is 34.0 Å². The Kier molecular flexibility index (Phi) is 4.37. The van der Waals surface area contributed by atoms with Crippen molar-refractivity contribution in [2.75, 3.05) is 6.54 Å². The highest BCUT2D eigenvalue weighted by Gasteiger charge is 2.27. The fourth-order valence-corrected chi connectivity index (χ4v) is 3.82. The van der Waals surface area contributed by atoms with E-state index in [1.165, 1.54) is 49.1 Å². The SMILES string of the molecule is Cc1cc(CCNC(=O)C2CCCCC2)c(C)n1C1CC1. The zero-order valence-electron chi connectivity index (χ0n) is 13.5. The third kappa shape index (κ3) is 3.33. The molecule has 2 aliphatic carbocycles. The molecule has 1 amide bonds. The van der Waals surface area contributed by atoms with Gasteiger partial charge >= 0.3 is 0 Å². The van der Waals surface area contributed by atoms with Gasteiger partial charge in [-0.3, -0.25) is 4.79 Å². The lowest BCUT2D eigenvalue weighted by atomic mass is 9.88. The van der Waals surface area contributed by atoms with E-state index in [2.05, 4.69) is 29.8 Å². The van der Waals surface area contributed by atoms with Crippen LogP contribution in [0, 0.1) is 19.8 Å². The van der Waals surface area contributed by atoms with E-state index < -0.39 is 0 Å². The lowest BCUT2D eigenvalue weighted by Gasteiger charge is -2.20. The Hall–Kier alpha value is -1.25. The number of rotatable bonds is 5. The van der Waals surface area contributed by atoms with Crippen LogP contribution in [0.2, 0.25) is 0 Å². The van der Waals surface area contributed by atoms with Crippen molar-refractivity contribution in [2.24, 2.45) is 5.92 Å². The Morgan fingerprint density at radius 1 is 1.19 bits per heavy atom. The van der Waals surface area contributed by atoms with Crippen molar-refractivity contribution < 1.29 is 4.79 Å². The summed E-state index contributed by atoms with van der Waals surface area (Å²) >= 11 is 0. The van der Waals surface area contributed by atoms with Crippen LogP contribution in [0.4, 0.5) is 0 Å². The van der Waals surface area contributed by atoms with Crippen LogP contribution in [0.1, 0.15) is 67.9 Å². The molecule has 0 aliphatic heterocycles. The van der Waals surface area contributed by atoms with Crippen molar-refractivity contribution in [1.82, 2.24) is 9.88 Å². The number of amides is 1. The zero-order valence-corrected chi connectivity index (χ0v) is 13.5. The normalized spacial score (nSPS) is 19.7. The van der Waals surface area contributed by atoms with E-state index in [4.69, 9.17) is 0 Å². The Morgan fingerprint density at radius 3 is 2.57 bits per heavy atom. The number of aromatic nitrogens is 1. The van der Waals surface area contributed by atoms with E-state index in [0.29, 0.717) is 0 Å². The van der Waals surface area contributed by atoms with Crippen molar-refractivity contribution in [1.29, 1.82) is 0 Å². The summed E-state index contributed by atoms with van der Waals surface area (Å²) in [5.74, 6) is 0.559. The van der Waals surface area contributed by atoms with Gasteiger partial charge in [-0.1, -0.05) is 19.3 Å². The molecule has 3 rings (SSSR count). The van der Waals surface area contributed by atoms with Crippen LogP contribution in [-0.2, 0) is 11.2 Å². The van der Waals surface area contributed by atoms with E-state index >= 15 is 0 Å².